The summed E-state index contributed by atoms with van der Waals surface area (Å²) in [5.41, 5.74) is 4.83. The molecule has 1 heterocycles. The molecule has 3 aromatic rings. The summed E-state index contributed by atoms with van der Waals surface area (Å²) in [6.07, 6.45) is -5.29. The van der Waals surface area contributed by atoms with Crippen molar-refractivity contribution in [2.45, 2.75) is 19.2 Å². The summed E-state index contributed by atoms with van der Waals surface area (Å²) in [6, 6.07) is 9.06. The average Bonchev–Trinajstić information content (AvgIpc) is 2.98. The van der Waals surface area contributed by atoms with Crippen molar-refractivity contribution in [2.24, 2.45) is 7.05 Å². The van der Waals surface area contributed by atoms with Crippen LogP contribution in [0.3, 0.4) is 0 Å². The molecule has 0 bridgehead atoms. The molecule has 5 nitrogen and oxygen atoms in total. The lowest BCUT2D eigenvalue weighted by atomic mass is 10.1. The van der Waals surface area contributed by atoms with Crippen LogP contribution in [0.1, 0.15) is 24.4 Å². The van der Waals surface area contributed by atoms with Crippen molar-refractivity contribution in [3.05, 3.63) is 59.7 Å². The summed E-state index contributed by atoms with van der Waals surface area (Å²) in [7, 11) is 1.52. The highest BCUT2D eigenvalue weighted by atomic mass is 19.4. The summed E-state index contributed by atoms with van der Waals surface area (Å²) in [4.78, 5) is 0. The summed E-state index contributed by atoms with van der Waals surface area (Å²) in [6.45, 7) is 1.60. The zero-order chi connectivity index (χ0) is 19.8. The van der Waals surface area contributed by atoms with Crippen LogP contribution in [0.4, 0.5) is 23.2 Å². The van der Waals surface area contributed by atoms with Crippen LogP contribution in [0.5, 0.6) is 5.75 Å². The SMILES string of the molecule is C[C@H](Oc1ccc(N)cc1F)c1nnc(-c2ccccc2C(F)(F)F)n1C. The minimum atomic E-state index is -4.53. The van der Waals surface area contributed by atoms with E-state index in [1.165, 1.54) is 41.9 Å². The summed E-state index contributed by atoms with van der Waals surface area (Å²) in [5.74, 6) is -0.409. The molecule has 1 aromatic heterocycles. The van der Waals surface area contributed by atoms with Crippen molar-refractivity contribution >= 4 is 5.69 Å². The molecular formula is C18H16F4N4O. The lowest BCUT2D eigenvalue weighted by Crippen LogP contribution is -2.12. The van der Waals surface area contributed by atoms with Crippen LogP contribution < -0.4 is 10.5 Å². The zero-order valence-electron chi connectivity index (χ0n) is 14.5. The largest absolute Gasteiger partial charge is 0.480 e. The maximum absolute atomic E-state index is 13.9. The van der Waals surface area contributed by atoms with Gasteiger partial charge in [-0.25, -0.2) is 4.39 Å². The van der Waals surface area contributed by atoms with Gasteiger partial charge in [0, 0.05) is 24.4 Å². The van der Waals surface area contributed by atoms with E-state index < -0.39 is 23.7 Å². The van der Waals surface area contributed by atoms with E-state index in [1.807, 2.05) is 0 Å². The van der Waals surface area contributed by atoms with E-state index in [9.17, 15) is 17.6 Å². The number of benzene rings is 2. The first-order valence-electron chi connectivity index (χ1n) is 7.96. The molecule has 2 N–H and O–H groups in total. The molecule has 0 spiro atoms. The Balaban J connectivity index is 1.94. The molecule has 0 radical (unpaired) electrons. The zero-order valence-corrected chi connectivity index (χ0v) is 14.5. The first-order chi connectivity index (χ1) is 12.7. The molecule has 0 unspecified atom stereocenters. The van der Waals surface area contributed by atoms with Crippen molar-refractivity contribution in [3.8, 4) is 17.1 Å². The molecule has 0 saturated carbocycles. The minimum Gasteiger partial charge on any atom is -0.480 e. The topological polar surface area (TPSA) is 66.0 Å². The van der Waals surface area contributed by atoms with Gasteiger partial charge in [-0.05, 0) is 25.1 Å². The molecule has 0 fully saturated rings. The van der Waals surface area contributed by atoms with E-state index in [4.69, 9.17) is 10.5 Å². The smallest absolute Gasteiger partial charge is 0.417 e. The van der Waals surface area contributed by atoms with E-state index in [2.05, 4.69) is 10.2 Å². The maximum Gasteiger partial charge on any atom is 0.417 e. The number of ether oxygens (including phenoxy) is 1. The number of nitrogen functional groups attached to an aromatic ring is 1. The first kappa shape index (κ1) is 18.7. The number of anilines is 1. The molecular weight excluding hydrogens is 364 g/mol. The third-order valence-electron chi connectivity index (χ3n) is 4.01. The van der Waals surface area contributed by atoms with Crippen LogP contribution in [0, 0.1) is 5.82 Å². The standard InChI is InChI=1S/C18H16F4N4O/c1-10(27-15-8-7-11(23)9-14(15)19)16-24-25-17(26(16)2)12-5-3-4-6-13(12)18(20,21)22/h3-10H,23H2,1-2H3/t10-/m0/s1. The Morgan fingerprint density at radius 2 is 1.81 bits per heavy atom. The second-order valence-corrected chi connectivity index (χ2v) is 5.93. The van der Waals surface area contributed by atoms with Gasteiger partial charge < -0.3 is 15.0 Å². The number of aromatic nitrogens is 3. The lowest BCUT2D eigenvalue weighted by molar-refractivity contribution is -0.137. The van der Waals surface area contributed by atoms with Crippen molar-refractivity contribution in [1.82, 2.24) is 14.8 Å². The number of halogens is 4. The first-order valence-corrected chi connectivity index (χ1v) is 7.96. The van der Waals surface area contributed by atoms with E-state index in [-0.39, 0.29) is 28.6 Å². The highest BCUT2D eigenvalue weighted by Crippen LogP contribution is 2.36. The molecule has 0 aliphatic carbocycles. The lowest BCUT2D eigenvalue weighted by Gasteiger charge is -2.16. The fourth-order valence-electron chi connectivity index (χ4n) is 2.71. The fraction of sp³-hybridized carbons (Fsp3) is 0.222. The highest BCUT2D eigenvalue weighted by molar-refractivity contribution is 5.61. The van der Waals surface area contributed by atoms with Gasteiger partial charge in [-0.2, -0.15) is 13.2 Å². The summed E-state index contributed by atoms with van der Waals surface area (Å²) >= 11 is 0. The quantitative estimate of drug-likeness (QED) is 0.539. The molecule has 3 rings (SSSR count). The highest BCUT2D eigenvalue weighted by Gasteiger charge is 2.35. The molecule has 142 valence electrons. The Labute approximate surface area is 152 Å². The monoisotopic (exact) mass is 380 g/mol. The maximum atomic E-state index is 13.9. The van der Waals surface area contributed by atoms with Crippen molar-refractivity contribution in [2.75, 3.05) is 5.73 Å². The second kappa shape index (κ2) is 6.90. The predicted molar refractivity (Wildman–Crippen MR) is 91.3 cm³/mol. The summed E-state index contributed by atoms with van der Waals surface area (Å²) < 4.78 is 60.6. The minimum absolute atomic E-state index is 0.0335. The van der Waals surface area contributed by atoms with Crippen LogP contribution >= 0.6 is 0 Å². The summed E-state index contributed by atoms with van der Waals surface area (Å²) in [5, 5.41) is 7.81. The second-order valence-electron chi connectivity index (χ2n) is 5.93. The van der Waals surface area contributed by atoms with Gasteiger partial charge in [0.1, 0.15) is 0 Å². The number of rotatable bonds is 4. The van der Waals surface area contributed by atoms with Crippen molar-refractivity contribution < 1.29 is 22.3 Å². The molecule has 2 aromatic carbocycles. The third kappa shape index (κ3) is 3.71. The van der Waals surface area contributed by atoms with E-state index in [0.29, 0.717) is 0 Å². The molecule has 27 heavy (non-hydrogen) atoms. The molecule has 0 aliphatic heterocycles. The van der Waals surface area contributed by atoms with Gasteiger partial charge in [-0.3, -0.25) is 0 Å². The molecule has 1 atom stereocenters. The van der Waals surface area contributed by atoms with Crippen molar-refractivity contribution in [1.29, 1.82) is 0 Å². The van der Waals surface area contributed by atoms with Gasteiger partial charge in [-0.1, -0.05) is 18.2 Å². The Morgan fingerprint density at radius 3 is 2.48 bits per heavy atom. The van der Waals surface area contributed by atoms with E-state index >= 15 is 0 Å². The third-order valence-corrected chi connectivity index (χ3v) is 4.01. The normalized spacial score (nSPS) is 12.8. The molecule has 0 amide bonds. The van der Waals surface area contributed by atoms with Crippen LogP contribution in [-0.2, 0) is 13.2 Å². The van der Waals surface area contributed by atoms with E-state index in [1.54, 1.807) is 6.92 Å². The Kier molecular flexibility index (Phi) is 4.77. The van der Waals surface area contributed by atoms with Gasteiger partial charge in [0.15, 0.2) is 29.3 Å². The van der Waals surface area contributed by atoms with Gasteiger partial charge >= 0.3 is 6.18 Å². The van der Waals surface area contributed by atoms with Gasteiger partial charge in [0.05, 0.1) is 5.56 Å². The van der Waals surface area contributed by atoms with Crippen LogP contribution in [0.25, 0.3) is 11.4 Å². The number of nitrogens with two attached hydrogens (primary N) is 1. The molecule has 0 saturated heterocycles. The Hall–Kier alpha value is -3.10. The van der Waals surface area contributed by atoms with Crippen LogP contribution in [-0.4, -0.2) is 14.8 Å². The fourth-order valence-corrected chi connectivity index (χ4v) is 2.71. The molecule has 0 aliphatic rings. The Bertz CT molecular complexity index is 968. The number of nitrogens with zero attached hydrogens (tertiary/aromatic N) is 3. The Morgan fingerprint density at radius 1 is 1.11 bits per heavy atom. The number of alkyl halides is 3. The number of hydrogen-bond acceptors (Lipinski definition) is 4. The van der Waals surface area contributed by atoms with Crippen molar-refractivity contribution in [3.63, 3.8) is 0 Å². The van der Waals surface area contributed by atoms with Crippen LogP contribution in [0.15, 0.2) is 42.5 Å². The van der Waals surface area contributed by atoms with Gasteiger partial charge in [0.25, 0.3) is 0 Å². The predicted octanol–water partition coefficient (Wildman–Crippen LogP) is 4.36. The van der Waals surface area contributed by atoms with E-state index in [0.717, 1.165) is 12.1 Å². The van der Waals surface area contributed by atoms with Gasteiger partial charge in [0.2, 0.25) is 0 Å². The number of hydrogen-bond donors (Lipinski definition) is 1. The van der Waals surface area contributed by atoms with Crippen LogP contribution in [0.2, 0.25) is 0 Å². The average molecular weight is 380 g/mol. The van der Waals surface area contributed by atoms with Gasteiger partial charge in [-0.15, -0.1) is 10.2 Å². The molecule has 9 heteroatoms.